The lowest BCUT2D eigenvalue weighted by molar-refractivity contribution is 0.415. The molecule has 1 heterocycles. The number of nitrogens with zero attached hydrogens (tertiary/aromatic N) is 2. The summed E-state index contributed by atoms with van der Waals surface area (Å²) in [4.78, 5) is 0. The number of hydrogen-bond donors (Lipinski definition) is 1. The van der Waals surface area contributed by atoms with Gasteiger partial charge in [-0.15, -0.1) is 0 Å². The van der Waals surface area contributed by atoms with Crippen molar-refractivity contribution in [3.63, 3.8) is 0 Å². The van der Waals surface area contributed by atoms with E-state index < -0.39 is 0 Å². The molecule has 0 saturated carbocycles. The molecule has 0 unspecified atom stereocenters. The molecule has 0 amide bonds. The lowest BCUT2D eigenvalue weighted by atomic mass is 10.1. The van der Waals surface area contributed by atoms with Crippen molar-refractivity contribution in [3.8, 4) is 16.9 Å². The highest BCUT2D eigenvalue weighted by atomic mass is 16.5. The van der Waals surface area contributed by atoms with Crippen molar-refractivity contribution in [3.05, 3.63) is 36.2 Å². The molecule has 4 heteroatoms. The molecule has 0 fully saturated rings. The fourth-order valence-corrected chi connectivity index (χ4v) is 1.82. The van der Waals surface area contributed by atoms with Gasteiger partial charge in [0.1, 0.15) is 5.75 Å². The molecular formula is C13H17N3O. The third-order valence-electron chi connectivity index (χ3n) is 2.71. The van der Waals surface area contributed by atoms with Gasteiger partial charge in [0.25, 0.3) is 0 Å². The van der Waals surface area contributed by atoms with Crippen molar-refractivity contribution in [2.45, 2.75) is 13.5 Å². The second-order valence-electron chi connectivity index (χ2n) is 3.91. The van der Waals surface area contributed by atoms with Gasteiger partial charge >= 0.3 is 0 Å². The Morgan fingerprint density at radius 3 is 2.59 bits per heavy atom. The van der Waals surface area contributed by atoms with E-state index in [4.69, 9.17) is 10.5 Å². The Balaban J connectivity index is 2.31. The van der Waals surface area contributed by atoms with E-state index in [2.05, 4.69) is 5.10 Å². The predicted octanol–water partition coefficient (Wildman–Crippen LogP) is 1.83. The summed E-state index contributed by atoms with van der Waals surface area (Å²) in [6.45, 7) is 3.35. The van der Waals surface area contributed by atoms with Gasteiger partial charge in [0.2, 0.25) is 0 Å². The van der Waals surface area contributed by atoms with Gasteiger partial charge in [0, 0.05) is 18.3 Å². The highest BCUT2D eigenvalue weighted by Crippen LogP contribution is 2.24. The smallest absolute Gasteiger partial charge is 0.118 e. The van der Waals surface area contributed by atoms with Gasteiger partial charge in [-0.2, -0.15) is 5.10 Å². The van der Waals surface area contributed by atoms with Crippen LogP contribution in [0.25, 0.3) is 11.1 Å². The molecule has 0 aliphatic heterocycles. The van der Waals surface area contributed by atoms with Crippen LogP contribution in [0, 0.1) is 6.92 Å². The normalized spacial score (nSPS) is 10.5. The molecule has 0 atom stereocenters. The Morgan fingerprint density at radius 2 is 2.00 bits per heavy atom. The van der Waals surface area contributed by atoms with Crippen LogP contribution in [-0.2, 0) is 6.54 Å². The summed E-state index contributed by atoms with van der Waals surface area (Å²) in [6.07, 6.45) is 2.03. The van der Waals surface area contributed by atoms with Crippen LogP contribution in [0.3, 0.4) is 0 Å². The van der Waals surface area contributed by atoms with Crippen LogP contribution in [0.2, 0.25) is 0 Å². The van der Waals surface area contributed by atoms with E-state index in [1.165, 1.54) is 0 Å². The van der Waals surface area contributed by atoms with Crippen LogP contribution in [0.4, 0.5) is 0 Å². The number of aryl methyl sites for hydroxylation is 1. The van der Waals surface area contributed by atoms with E-state index >= 15 is 0 Å². The van der Waals surface area contributed by atoms with Crippen molar-refractivity contribution < 1.29 is 4.74 Å². The molecule has 4 nitrogen and oxygen atoms in total. The molecule has 2 rings (SSSR count). The maximum absolute atomic E-state index is 5.52. The number of benzene rings is 1. The fraction of sp³-hybridized carbons (Fsp3) is 0.308. The summed E-state index contributed by atoms with van der Waals surface area (Å²) in [7, 11) is 1.67. The predicted molar refractivity (Wildman–Crippen MR) is 68.0 cm³/mol. The van der Waals surface area contributed by atoms with Gasteiger partial charge < -0.3 is 10.5 Å². The van der Waals surface area contributed by atoms with Crippen LogP contribution in [-0.4, -0.2) is 23.4 Å². The molecule has 2 aromatic rings. The second kappa shape index (κ2) is 5.01. The first-order chi connectivity index (χ1) is 8.24. The Kier molecular flexibility index (Phi) is 3.44. The summed E-state index contributed by atoms with van der Waals surface area (Å²) in [5, 5.41) is 4.42. The summed E-state index contributed by atoms with van der Waals surface area (Å²) < 4.78 is 7.03. The first-order valence-corrected chi connectivity index (χ1v) is 5.63. The second-order valence-corrected chi connectivity index (χ2v) is 3.91. The molecule has 2 N–H and O–H groups in total. The van der Waals surface area contributed by atoms with Crippen LogP contribution >= 0.6 is 0 Å². The lowest BCUT2D eigenvalue weighted by Gasteiger charge is -2.01. The minimum Gasteiger partial charge on any atom is -0.497 e. The van der Waals surface area contributed by atoms with Crippen molar-refractivity contribution in [1.29, 1.82) is 0 Å². The van der Waals surface area contributed by atoms with Gasteiger partial charge in [-0.05, 0) is 24.6 Å². The van der Waals surface area contributed by atoms with E-state index in [1.807, 2.05) is 42.1 Å². The standard InChI is InChI=1S/C13H17N3O/c1-10-13(9-16(15-10)8-7-14)11-3-5-12(17-2)6-4-11/h3-6,9H,7-8,14H2,1-2H3. The first kappa shape index (κ1) is 11.7. The number of methoxy groups -OCH3 is 1. The molecule has 0 radical (unpaired) electrons. The van der Waals surface area contributed by atoms with Gasteiger partial charge in [-0.3, -0.25) is 4.68 Å². The number of nitrogens with two attached hydrogens (primary N) is 1. The molecule has 0 aliphatic carbocycles. The zero-order chi connectivity index (χ0) is 12.3. The maximum atomic E-state index is 5.52. The Labute approximate surface area is 101 Å². The molecule has 0 spiro atoms. The minimum atomic E-state index is 0.600. The highest BCUT2D eigenvalue weighted by molar-refractivity contribution is 5.65. The third kappa shape index (κ3) is 2.47. The Bertz CT molecular complexity index is 488. The number of ether oxygens (including phenoxy) is 1. The average Bonchev–Trinajstić information content (AvgIpc) is 2.71. The minimum absolute atomic E-state index is 0.600. The van der Waals surface area contributed by atoms with Gasteiger partial charge in [0.05, 0.1) is 19.3 Å². The van der Waals surface area contributed by atoms with Gasteiger partial charge in [0.15, 0.2) is 0 Å². The topological polar surface area (TPSA) is 53.1 Å². The lowest BCUT2D eigenvalue weighted by Crippen LogP contribution is -2.10. The van der Waals surface area contributed by atoms with Gasteiger partial charge in [-0.1, -0.05) is 12.1 Å². The summed E-state index contributed by atoms with van der Waals surface area (Å²) in [5.74, 6) is 0.862. The number of hydrogen-bond acceptors (Lipinski definition) is 3. The summed E-state index contributed by atoms with van der Waals surface area (Å²) in [6, 6.07) is 7.98. The molecule has 0 saturated heterocycles. The van der Waals surface area contributed by atoms with Gasteiger partial charge in [-0.25, -0.2) is 0 Å². The molecule has 90 valence electrons. The third-order valence-corrected chi connectivity index (χ3v) is 2.71. The monoisotopic (exact) mass is 231 g/mol. The number of aromatic nitrogens is 2. The van der Waals surface area contributed by atoms with Crippen molar-refractivity contribution in [1.82, 2.24) is 9.78 Å². The zero-order valence-electron chi connectivity index (χ0n) is 10.2. The van der Waals surface area contributed by atoms with E-state index in [-0.39, 0.29) is 0 Å². The van der Waals surface area contributed by atoms with Crippen LogP contribution in [0.15, 0.2) is 30.5 Å². The van der Waals surface area contributed by atoms with E-state index in [1.54, 1.807) is 7.11 Å². The molecule has 0 bridgehead atoms. The molecule has 1 aromatic carbocycles. The molecular weight excluding hydrogens is 214 g/mol. The van der Waals surface area contributed by atoms with E-state index in [0.717, 1.165) is 29.1 Å². The largest absolute Gasteiger partial charge is 0.497 e. The van der Waals surface area contributed by atoms with Crippen molar-refractivity contribution in [2.24, 2.45) is 5.73 Å². The molecule has 1 aromatic heterocycles. The maximum Gasteiger partial charge on any atom is 0.118 e. The number of rotatable bonds is 4. The zero-order valence-corrected chi connectivity index (χ0v) is 10.2. The van der Waals surface area contributed by atoms with E-state index in [9.17, 15) is 0 Å². The van der Waals surface area contributed by atoms with Crippen LogP contribution in [0.5, 0.6) is 5.75 Å². The molecule has 0 aliphatic rings. The van der Waals surface area contributed by atoms with Crippen molar-refractivity contribution in [2.75, 3.05) is 13.7 Å². The average molecular weight is 231 g/mol. The van der Waals surface area contributed by atoms with Crippen molar-refractivity contribution >= 4 is 0 Å². The highest BCUT2D eigenvalue weighted by Gasteiger charge is 2.06. The summed E-state index contributed by atoms with van der Waals surface area (Å²) in [5.41, 5.74) is 8.82. The fourth-order valence-electron chi connectivity index (χ4n) is 1.82. The first-order valence-electron chi connectivity index (χ1n) is 5.63. The van der Waals surface area contributed by atoms with Crippen LogP contribution in [0.1, 0.15) is 5.69 Å². The molecule has 17 heavy (non-hydrogen) atoms. The Morgan fingerprint density at radius 1 is 1.29 bits per heavy atom. The summed E-state index contributed by atoms with van der Waals surface area (Å²) >= 11 is 0. The Hall–Kier alpha value is -1.81. The SMILES string of the molecule is COc1ccc(-c2cn(CCN)nc2C)cc1. The van der Waals surface area contributed by atoms with E-state index in [0.29, 0.717) is 6.54 Å². The van der Waals surface area contributed by atoms with Crippen LogP contribution < -0.4 is 10.5 Å². The quantitative estimate of drug-likeness (QED) is 0.873.